The fraction of sp³-hybridized carbons (Fsp3) is 0.143. The molecule has 0 radical (unpaired) electrons. The van der Waals surface area contributed by atoms with Crippen molar-refractivity contribution in [1.29, 1.82) is 0 Å². The Bertz CT molecular complexity index is 393. The van der Waals surface area contributed by atoms with Crippen LogP contribution in [0, 0.1) is 6.92 Å². The Morgan fingerprint density at radius 2 is 2.27 bits per heavy atom. The van der Waals surface area contributed by atoms with E-state index in [0.717, 1.165) is 11.3 Å². The molecule has 0 atom stereocenters. The van der Waals surface area contributed by atoms with E-state index in [9.17, 15) is 0 Å². The van der Waals surface area contributed by atoms with Crippen LogP contribution in [0.5, 0.6) is 0 Å². The van der Waals surface area contributed by atoms with Crippen molar-refractivity contribution < 1.29 is 0 Å². The number of aryl methyl sites for hydroxylation is 1. The first kappa shape index (κ1) is 6.61. The van der Waals surface area contributed by atoms with Gasteiger partial charge in [0.15, 0.2) is 5.65 Å². The van der Waals surface area contributed by atoms with Crippen LogP contribution in [-0.4, -0.2) is 14.6 Å². The Labute approximate surface area is 68.6 Å². The molecule has 0 aromatic carbocycles. The van der Waals surface area contributed by atoms with Gasteiger partial charge in [-0.1, -0.05) is 11.6 Å². The van der Waals surface area contributed by atoms with Gasteiger partial charge in [-0.3, -0.25) is 0 Å². The van der Waals surface area contributed by atoms with Gasteiger partial charge in [0.2, 0.25) is 0 Å². The normalized spacial score (nSPS) is 10.7. The van der Waals surface area contributed by atoms with Crippen molar-refractivity contribution >= 4 is 17.2 Å². The molecule has 0 N–H and O–H groups in total. The fourth-order valence-electron chi connectivity index (χ4n) is 0.972. The maximum Gasteiger partial charge on any atom is 0.155 e. The first-order chi connectivity index (χ1) is 5.27. The Kier molecular flexibility index (Phi) is 1.32. The van der Waals surface area contributed by atoms with Crippen LogP contribution < -0.4 is 0 Å². The highest BCUT2D eigenvalue weighted by atomic mass is 35.5. The van der Waals surface area contributed by atoms with Crippen molar-refractivity contribution in [1.82, 2.24) is 14.6 Å². The predicted molar refractivity (Wildman–Crippen MR) is 42.7 cm³/mol. The van der Waals surface area contributed by atoms with E-state index in [1.165, 1.54) is 0 Å². The molecule has 11 heavy (non-hydrogen) atoms. The van der Waals surface area contributed by atoms with E-state index >= 15 is 0 Å². The van der Waals surface area contributed by atoms with Crippen LogP contribution in [0.15, 0.2) is 18.5 Å². The van der Waals surface area contributed by atoms with Crippen molar-refractivity contribution in [2.24, 2.45) is 0 Å². The minimum atomic E-state index is 0.614. The number of rotatable bonds is 0. The lowest BCUT2D eigenvalue weighted by Gasteiger charge is -1.93. The molecule has 0 unspecified atom stereocenters. The predicted octanol–water partition coefficient (Wildman–Crippen LogP) is 1.69. The highest BCUT2D eigenvalue weighted by Crippen LogP contribution is 2.09. The third kappa shape index (κ3) is 0.973. The third-order valence-electron chi connectivity index (χ3n) is 1.50. The zero-order valence-corrected chi connectivity index (χ0v) is 6.71. The molecule has 0 saturated carbocycles. The van der Waals surface area contributed by atoms with Gasteiger partial charge in [-0.15, -0.1) is 0 Å². The average Bonchev–Trinajstić information content (AvgIpc) is 2.32. The number of hydrogen-bond donors (Lipinski definition) is 0. The van der Waals surface area contributed by atoms with Gasteiger partial charge in [0, 0.05) is 6.07 Å². The quantitative estimate of drug-likeness (QED) is 0.598. The lowest BCUT2D eigenvalue weighted by atomic mass is 10.5. The number of fused-ring (bicyclic) bond motifs is 1. The number of nitrogens with zero attached hydrogens (tertiary/aromatic N) is 3. The maximum atomic E-state index is 5.71. The van der Waals surface area contributed by atoms with Crippen LogP contribution in [0.1, 0.15) is 5.69 Å². The minimum absolute atomic E-state index is 0.614. The summed E-state index contributed by atoms with van der Waals surface area (Å²) in [5.41, 5.74) is 1.80. The zero-order chi connectivity index (χ0) is 7.84. The molecular formula is C7H6ClN3. The second kappa shape index (κ2) is 2.20. The van der Waals surface area contributed by atoms with E-state index < -0.39 is 0 Å². The van der Waals surface area contributed by atoms with Crippen molar-refractivity contribution in [2.75, 3.05) is 0 Å². The monoisotopic (exact) mass is 167 g/mol. The Hall–Kier alpha value is -1.09. The fourth-order valence-corrected chi connectivity index (χ4v) is 1.11. The van der Waals surface area contributed by atoms with E-state index in [0.29, 0.717) is 5.02 Å². The second-order valence-electron chi connectivity index (χ2n) is 2.34. The molecular weight excluding hydrogens is 162 g/mol. The minimum Gasteiger partial charge on any atom is -0.235 e. The van der Waals surface area contributed by atoms with Gasteiger partial charge < -0.3 is 0 Å². The summed E-state index contributed by atoms with van der Waals surface area (Å²) in [5.74, 6) is 0. The van der Waals surface area contributed by atoms with Crippen molar-refractivity contribution in [3.05, 3.63) is 29.2 Å². The summed E-state index contributed by atoms with van der Waals surface area (Å²) < 4.78 is 1.74. The zero-order valence-electron chi connectivity index (χ0n) is 5.95. The largest absolute Gasteiger partial charge is 0.235 e. The molecule has 0 aliphatic heterocycles. The van der Waals surface area contributed by atoms with Crippen LogP contribution in [-0.2, 0) is 0 Å². The van der Waals surface area contributed by atoms with Crippen LogP contribution in [0.3, 0.4) is 0 Å². The van der Waals surface area contributed by atoms with E-state index in [1.54, 1.807) is 23.0 Å². The lowest BCUT2D eigenvalue weighted by molar-refractivity contribution is 0.899. The average molecular weight is 168 g/mol. The van der Waals surface area contributed by atoms with Crippen molar-refractivity contribution in [3.63, 3.8) is 0 Å². The van der Waals surface area contributed by atoms with Crippen molar-refractivity contribution in [2.45, 2.75) is 6.92 Å². The topological polar surface area (TPSA) is 30.2 Å². The van der Waals surface area contributed by atoms with Gasteiger partial charge in [0.1, 0.15) is 0 Å². The molecule has 0 spiro atoms. The van der Waals surface area contributed by atoms with E-state index in [4.69, 9.17) is 11.6 Å². The van der Waals surface area contributed by atoms with Gasteiger partial charge in [0.25, 0.3) is 0 Å². The van der Waals surface area contributed by atoms with E-state index in [1.807, 2.05) is 6.92 Å². The van der Waals surface area contributed by atoms with Crippen LogP contribution >= 0.6 is 11.6 Å². The molecule has 4 heteroatoms. The first-order valence-corrected chi connectivity index (χ1v) is 3.61. The second-order valence-corrected chi connectivity index (χ2v) is 2.78. The summed E-state index contributed by atoms with van der Waals surface area (Å²) in [5, 5.41) is 4.68. The molecule has 0 aliphatic rings. The molecule has 2 aromatic rings. The number of halogens is 1. The van der Waals surface area contributed by atoms with E-state index in [-0.39, 0.29) is 0 Å². The summed E-state index contributed by atoms with van der Waals surface area (Å²) in [6, 6.07) is 1.78. The summed E-state index contributed by atoms with van der Waals surface area (Å²) in [6.45, 7) is 1.95. The van der Waals surface area contributed by atoms with Gasteiger partial charge in [-0.05, 0) is 6.92 Å². The third-order valence-corrected chi connectivity index (χ3v) is 1.70. The van der Waals surface area contributed by atoms with Gasteiger partial charge in [0.05, 0.1) is 23.1 Å². The van der Waals surface area contributed by atoms with Crippen LogP contribution in [0.25, 0.3) is 5.65 Å². The van der Waals surface area contributed by atoms with E-state index in [2.05, 4.69) is 10.1 Å². The summed E-state index contributed by atoms with van der Waals surface area (Å²) in [6.07, 6.45) is 3.36. The van der Waals surface area contributed by atoms with Crippen LogP contribution in [0.2, 0.25) is 5.02 Å². The molecule has 0 saturated heterocycles. The molecule has 56 valence electrons. The molecule has 0 fully saturated rings. The molecule has 2 heterocycles. The van der Waals surface area contributed by atoms with Crippen molar-refractivity contribution in [3.8, 4) is 0 Å². The first-order valence-electron chi connectivity index (χ1n) is 3.23. The summed E-state index contributed by atoms with van der Waals surface area (Å²) in [7, 11) is 0. The van der Waals surface area contributed by atoms with Gasteiger partial charge >= 0.3 is 0 Å². The summed E-state index contributed by atoms with van der Waals surface area (Å²) in [4.78, 5) is 4.10. The Morgan fingerprint density at radius 1 is 1.45 bits per heavy atom. The Balaban J connectivity index is 2.86. The molecule has 0 bridgehead atoms. The molecule has 0 amide bonds. The number of aromatic nitrogens is 3. The molecule has 2 aromatic heterocycles. The van der Waals surface area contributed by atoms with Gasteiger partial charge in [-0.2, -0.15) is 5.10 Å². The standard InChI is InChI=1S/C7H6ClN3/c1-5-3-9-7-2-6(8)4-10-11(5)7/h2-4H,1H3. The van der Waals surface area contributed by atoms with Crippen LogP contribution in [0.4, 0.5) is 0 Å². The highest BCUT2D eigenvalue weighted by Gasteiger charge is 1.98. The number of hydrogen-bond acceptors (Lipinski definition) is 2. The molecule has 3 nitrogen and oxygen atoms in total. The highest BCUT2D eigenvalue weighted by molar-refractivity contribution is 6.30. The molecule has 2 rings (SSSR count). The molecule has 0 aliphatic carbocycles. The Morgan fingerprint density at radius 3 is 3.09 bits per heavy atom. The maximum absolute atomic E-state index is 5.71. The smallest absolute Gasteiger partial charge is 0.155 e. The number of imidazole rings is 1. The lowest BCUT2D eigenvalue weighted by Crippen LogP contribution is -1.91. The SMILES string of the molecule is Cc1cnc2cc(Cl)cnn12. The summed E-state index contributed by atoms with van der Waals surface area (Å²) >= 11 is 5.71. The van der Waals surface area contributed by atoms with Gasteiger partial charge in [-0.25, -0.2) is 9.50 Å².